The minimum absolute atomic E-state index is 0.00312. The third-order valence-electron chi connectivity index (χ3n) is 8.38. The molecule has 5 rings (SSSR count). The summed E-state index contributed by atoms with van der Waals surface area (Å²) in [6.45, 7) is 4.98. The molecule has 3 aromatic rings. The normalized spacial score (nSPS) is 22.8. The number of aliphatic hydroxyl groups is 2. The Labute approximate surface area is 258 Å². The van der Waals surface area contributed by atoms with E-state index in [1.54, 1.807) is 6.92 Å². The molecular formula is C35H42N2O7. The number of hydrogen-bond acceptors (Lipinski definition) is 8. The number of nitrogens with zero attached hydrogens (tertiary/aromatic N) is 1. The Morgan fingerprint density at radius 2 is 1.73 bits per heavy atom. The zero-order chi connectivity index (χ0) is 31.1. The predicted molar refractivity (Wildman–Crippen MR) is 165 cm³/mol. The van der Waals surface area contributed by atoms with Gasteiger partial charge in [0, 0.05) is 38.0 Å². The first-order valence-corrected chi connectivity index (χ1v) is 15.3. The van der Waals surface area contributed by atoms with E-state index in [1.165, 1.54) is 6.92 Å². The van der Waals surface area contributed by atoms with Gasteiger partial charge in [-0.05, 0) is 60.2 Å². The molecule has 234 valence electrons. The van der Waals surface area contributed by atoms with Gasteiger partial charge in [0.2, 0.25) is 0 Å². The molecular weight excluding hydrogens is 560 g/mol. The Balaban J connectivity index is 1.29. The summed E-state index contributed by atoms with van der Waals surface area (Å²) >= 11 is 0. The van der Waals surface area contributed by atoms with Gasteiger partial charge < -0.3 is 29.7 Å². The van der Waals surface area contributed by atoms with Crippen LogP contribution in [-0.4, -0.2) is 64.9 Å². The van der Waals surface area contributed by atoms with Crippen LogP contribution in [0.1, 0.15) is 67.8 Å². The first-order valence-electron chi connectivity index (χ1n) is 15.3. The summed E-state index contributed by atoms with van der Waals surface area (Å²) in [5, 5.41) is 22.2. The van der Waals surface area contributed by atoms with Gasteiger partial charge in [-0.3, -0.25) is 14.5 Å². The van der Waals surface area contributed by atoms with Crippen LogP contribution >= 0.6 is 0 Å². The van der Waals surface area contributed by atoms with Gasteiger partial charge >= 0.3 is 5.97 Å². The Morgan fingerprint density at radius 1 is 0.977 bits per heavy atom. The third-order valence-corrected chi connectivity index (χ3v) is 8.38. The van der Waals surface area contributed by atoms with E-state index < -0.39 is 18.4 Å². The summed E-state index contributed by atoms with van der Waals surface area (Å²) in [7, 11) is 0. The highest BCUT2D eigenvalue weighted by atomic mass is 16.7. The molecule has 0 spiro atoms. The van der Waals surface area contributed by atoms with Crippen LogP contribution in [0.5, 0.6) is 0 Å². The van der Waals surface area contributed by atoms with E-state index in [4.69, 9.17) is 14.2 Å². The van der Waals surface area contributed by atoms with Crippen LogP contribution in [0.25, 0.3) is 11.1 Å². The predicted octanol–water partition coefficient (Wildman–Crippen LogP) is 4.42. The van der Waals surface area contributed by atoms with Gasteiger partial charge in [-0.15, -0.1) is 0 Å². The van der Waals surface area contributed by atoms with E-state index in [0.29, 0.717) is 13.0 Å². The van der Waals surface area contributed by atoms with Crippen LogP contribution in [0.2, 0.25) is 0 Å². The average molecular weight is 603 g/mol. The number of carbonyl (C=O) groups is 2. The maximum absolute atomic E-state index is 12.3. The first kappa shape index (κ1) is 31.8. The van der Waals surface area contributed by atoms with E-state index in [2.05, 4.69) is 10.2 Å². The van der Waals surface area contributed by atoms with Crippen LogP contribution in [0, 0.1) is 0 Å². The van der Waals surface area contributed by atoms with Gasteiger partial charge in [0.05, 0.1) is 25.4 Å². The van der Waals surface area contributed by atoms with E-state index in [9.17, 15) is 19.8 Å². The van der Waals surface area contributed by atoms with Crippen molar-refractivity contribution in [3.63, 3.8) is 0 Å². The molecule has 2 heterocycles. The third kappa shape index (κ3) is 8.11. The van der Waals surface area contributed by atoms with Crippen LogP contribution < -0.4 is 5.32 Å². The molecule has 2 aliphatic rings. The molecule has 2 fully saturated rings. The van der Waals surface area contributed by atoms with Crippen LogP contribution in [0.3, 0.4) is 0 Å². The second kappa shape index (κ2) is 14.9. The van der Waals surface area contributed by atoms with Crippen molar-refractivity contribution in [3.8, 4) is 11.1 Å². The van der Waals surface area contributed by atoms with Gasteiger partial charge in [-0.2, -0.15) is 0 Å². The minimum Gasteiger partial charge on any atom is -0.453 e. The number of benzene rings is 3. The molecule has 5 atom stereocenters. The molecule has 9 nitrogen and oxygen atoms in total. The lowest BCUT2D eigenvalue weighted by molar-refractivity contribution is -0.253. The van der Waals surface area contributed by atoms with Gasteiger partial charge in [0.25, 0.3) is 5.91 Å². The maximum Gasteiger partial charge on any atom is 0.303 e. The van der Waals surface area contributed by atoms with Crippen LogP contribution in [0.15, 0.2) is 72.8 Å². The highest BCUT2D eigenvalue weighted by molar-refractivity contribution is 5.82. The van der Waals surface area contributed by atoms with E-state index in [-0.39, 0.29) is 37.4 Å². The van der Waals surface area contributed by atoms with Crippen molar-refractivity contribution in [2.24, 2.45) is 0 Å². The topological polar surface area (TPSA) is 118 Å². The molecule has 0 unspecified atom stereocenters. The number of aliphatic hydroxyl groups excluding tert-OH is 2. The molecule has 2 aliphatic heterocycles. The quantitative estimate of drug-likeness (QED) is 0.276. The molecule has 1 amide bonds. The summed E-state index contributed by atoms with van der Waals surface area (Å²) < 4.78 is 18.0. The Morgan fingerprint density at radius 3 is 2.43 bits per heavy atom. The average Bonchev–Trinajstić information content (AvgIpc) is 3.50. The lowest BCUT2D eigenvalue weighted by Gasteiger charge is -2.38. The minimum atomic E-state index is -0.849. The largest absolute Gasteiger partial charge is 0.453 e. The zero-order valence-electron chi connectivity index (χ0n) is 25.4. The van der Waals surface area contributed by atoms with Crippen molar-refractivity contribution < 1.29 is 34.0 Å². The molecule has 0 saturated carbocycles. The van der Waals surface area contributed by atoms with E-state index in [0.717, 1.165) is 59.3 Å². The molecule has 0 radical (unpaired) electrons. The van der Waals surface area contributed by atoms with Crippen molar-refractivity contribution in [2.75, 3.05) is 19.7 Å². The lowest BCUT2D eigenvalue weighted by Crippen LogP contribution is -2.42. The second-order valence-corrected chi connectivity index (χ2v) is 11.6. The highest BCUT2D eigenvalue weighted by Crippen LogP contribution is 2.39. The van der Waals surface area contributed by atoms with Gasteiger partial charge in [0.1, 0.15) is 0 Å². The smallest absolute Gasteiger partial charge is 0.303 e. The standard InChI is InChI=1S/C35H42N2O7/c1-23(42-24(2)40)34(41)36-19-26-5-3-6-30(17-26)27-12-14-29(15-13-27)35-43-32(20-37-16-4-7-31(37)22-39)18-33(44-35)28-10-8-25(21-38)9-11-28/h3,5-6,8-15,17,23,31-33,35,38-39H,4,7,16,18-22H2,1-2H3,(H,36,41)/t23-,31-,32-,33+,35+/m0/s1. The fourth-order valence-electron chi connectivity index (χ4n) is 5.97. The van der Waals surface area contributed by atoms with Crippen molar-refractivity contribution in [2.45, 2.75) is 76.9 Å². The monoisotopic (exact) mass is 602 g/mol. The summed E-state index contributed by atoms with van der Waals surface area (Å²) in [4.78, 5) is 25.7. The number of rotatable bonds is 11. The number of ether oxygens (including phenoxy) is 3. The fraction of sp³-hybridized carbons (Fsp3) is 0.429. The second-order valence-electron chi connectivity index (χ2n) is 11.6. The van der Waals surface area contributed by atoms with Crippen molar-refractivity contribution in [1.29, 1.82) is 0 Å². The van der Waals surface area contributed by atoms with Crippen LogP contribution in [-0.2, 0) is 37.0 Å². The molecule has 3 aromatic carbocycles. The number of amides is 1. The SMILES string of the molecule is CC(=O)O[C@@H](C)C(=O)NCc1cccc(-c2ccc([C@@H]3O[C@H](CN4CCC[C@H]4CO)C[C@H](c4ccc(CO)cc4)O3)cc2)c1. The number of likely N-dealkylation sites (tertiary alicyclic amines) is 1. The molecule has 2 saturated heterocycles. The molecule has 9 heteroatoms. The van der Waals surface area contributed by atoms with Crippen molar-refractivity contribution in [1.82, 2.24) is 10.2 Å². The van der Waals surface area contributed by atoms with Crippen molar-refractivity contribution >= 4 is 11.9 Å². The molecule has 3 N–H and O–H groups in total. The number of nitrogens with one attached hydrogen (secondary N) is 1. The molecule has 44 heavy (non-hydrogen) atoms. The Kier molecular flexibility index (Phi) is 10.8. The lowest BCUT2D eigenvalue weighted by atomic mass is 9.98. The zero-order valence-corrected chi connectivity index (χ0v) is 25.4. The fourth-order valence-corrected chi connectivity index (χ4v) is 5.97. The van der Waals surface area contributed by atoms with Gasteiger partial charge in [-0.25, -0.2) is 0 Å². The molecule has 0 aromatic heterocycles. The van der Waals surface area contributed by atoms with Gasteiger partial charge in [-0.1, -0.05) is 66.7 Å². The summed E-state index contributed by atoms with van der Waals surface area (Å²) in [6, 6.07) is 24.1. The van der Waals surface area contributed by atoms with Crippen LogP contribution in [0.4, 0.5) is 0 Å². The molecule has 0 bridgehead atoms. The summed E-state index contributed by atoms with van der Waals surface area (Å²) in [5.74, 6) is -0.841. The maximum atomic E-state index is 12.3. The highest BCUT2D eigenvalue weighted by Gasteiger charge is 2.35. The number of esters is 1. The Hall–Kier alpha value is -3.60. The summed E-state index contributed by atoms with van der Waals surface area (Å²) in [6.07, 6.45) is 1.13. The number of hydrogen-bond donors (Lipinski definition) is 3. The van der Waals surface area contributed by atoms with E-state index in [1.807, 2.05) is 72.8 Å². The molecule has 0 aliphatic carbocycles. The van der Waals surface area contributed by atoms with Crippen molar-refractivity contribution in [3.05, 3.63) is 95.1 Å². The Bertz CT molecular complexity index is 1390. The number of carbonyl (C=O) groups excluding carboxylic acids is 2. The first-order chi connectivity index (χ1) is 21.3. The summed E-state index contributed by atoms with van der Waals surface area (Å²) in [5.41, 5.74) is 5.76. The van der Waals surface area contributed by atoms with Gasteiger partial charge in [0.15, 0.2) is 12.4 Å². The van der Waals surface area contributed by atoms with E-state index >= 15 is 0 Å².